The smallest absolute Gasteiger partial charge is 0.274 e. The van der Waals surface area contributed by atoms with Gasteiger partial charge in [0.15, 0.2) is 0 Å². The number of hydrogen-bond acceptors (Lipinski definition) is 5. The minimum atomic E-state index is -0.382. The molecule has 0 bridgehead atoms. The van der Waals surface area contributed by atoms with Crippen molar-refractivity contribution >= 4 is 28.9 Å². The van der Waals surface area contributed by atoms with Crippen LogP contribution in [0.3, 0.4) is 0 Å². The van der Waals surface area contributed by atoms with Gasteiger partial charge in [0, 0.05) is 7.05 Å². The normalized spacial score (nSPS) is 9.29. The molecular formula is C7H10N4O2S. The summed E-state index contributed by atoms with van der Waals surface area (Å²) in [5.74, 6) is -0.382. The van der Waals surface area contributed by atoms with Gasteiger partial charge >= 0.3 is 0 Å². The van der Waals surface area contributed by atoms with E-state index < -0.39 is 0 Å². The van der Waals surface area contributed by atoms with Gasteiger partial charge in [0.2, 0.25) is 6.41 Å². The van der Waals surface area contributed by atoms with Crippen molar-refractivity contribution in [3.63, 3.8) is 0 Å². The molecular weight excluding hydrogens is 204 g/mol. The van der Waals surface area contributed by atoms with Gasteiger partial charge in [0.25, 0.3) is 5.91 Å². The molecule has 1 heterocycles. The van der Waals surface area contributed by atoms with Crippen LogP contribution in [0.5, 0.6) is 0 Å². The molecule has 76 valence electrons. The highest BCUT2D eigenvalue weighted by molar-refractivity contribution is 7.10. The van der Waals surface area contributed by atoms with Crippen LogP contribution in [-0.4, -0.2) is 23.7 Å². The van der Waals surface area contributed by atoms with E-state index in [0.29, 0.717) is 22.7 Å². The first-order valence-electron chi connectivity index (χ1n) is 3.84. The second kappa shape index (κ2) is 4.56. The lowest BCUT2D eigenvalue weighted by Gasteiger charge is -2.03. The Morgan fingerprint density at radius 1 is 1.57 bits per heavy atom. The molecule has 0 spiro atoms. The molecule has 0 atom stereocenters. The number of nitrogens with one attached hydrogen (secondary N) is 3. The first-order chi connectivity index (χ1) is 6.70. The van der Waals surface area contributed by atoms with Crippen molar-refractivity contribution in [2.75, 3.05) is 12.4 Å². The Morgan fingerprint density at radius 3 is 2.86 bits per heavy atom. The largest absolute Gasteiger partial charge is 0.378 e. The standard InChI is InChI=1S/C7H10N4O2S/c1-4-5(6(13)10-9-3-12)7(8-2)14-11-4/h3,8H,1-2H3,(H,9,12)(H,10,13). The molecule has 7 heteroatoms. The molecule has 14 heavy (non-hydrogen) atoms. The lowest BCUT2D eigenvalue weighted by atomic mass is 10.2. The summed E-state index contributed by atoms with van der Waals surface area (Å²) >= 11 is 1.20. The summed E-state index contributed by atoms with van der Waals surface area (Å²) in [7, 11) is 1.71. The van der Waals surface area contributed by atoms with Gasteiger partial charge in [-0.05, 0) is 18.5 Å². The van der Waals surface area contributed by atoms with Crippen LogP contribution in [-0.2, 0) is 4.79 Å². The van der Waals surface area contributed by atoms with Gasteiger partial charge in [-0.1, -0.05) is 0 Å². The van der Waals surface area contributed by atoms with Crippen molar-refractivity contribution in [2.24, 2.45) is 0 Å². The van der Waals surface area contributed by atoms with Gasteiger partial charge < -0.3 is 5.32 Å². The number of carbonyl (C=O) groups is 2. The molecule has 0 radical (unpaired) electrons. The summed E-state index contributed by atoms with van der Waals surface area (Å²) in [6.07, 6.45) is 0.395. The number of rotatable bonds is 4. The first kappa shape index (κ1) is 10.5. The molecule has 0 saturated carbocycles. The molecule has 0 aliphatic carbocycles. The zero-order valence-electron chi connectivity index (χ0n) is 7.75. The van der Waals surface area contributed by atoms with E-state index in [2.05, 4.69) is 20.5 Å². The molecule has 0 unspecified atom stereocenters. The molecule has 0 aliphatic heterocycles. The number of nitrogens with zero attached hydrogens (tertiary/aromatic N) is 1. The van der Waals surface area contributed by atoms with Crippen molar-refractivity contribution in [3.8, 4) is 0 Å². The van der Waals surface area contributed by atoms with Crippen molar-refractivity contribution in [1.29, 1.82) is 0 Å². The van der Waals surface area contributed by atoms with Crippen molar-refractivity contribution in [2.45, 2.75) is 6.92 Å². The van der Waals surface area contributed by atoms with E-state index in [-0.39, 0.29) is 5.91 Å². The molecule has 1 aromatic heterocycles. The van der Waals surface area contributed by atoms with Crippen LogP contribution in [0.25, 0.3) is 0 Å². The zero-order valence-corrected chi connectivity index (χ0v) is 8.57. The summed E-state index contributed by atoms with van der Waals surface area (Å²) in [5, 5.41) is 3.53. The second-order valence-electron chi connectivity index (χ2n) is 2.44. The van der Waals surface area contributed by atoms with Crippen LogP contribution in [0.4, 0.5) is 5.00 Å². The number of hydrazine groups is 1. The van der Waals surface area contributed by atoms with E-state index in [9.17, 15) is 9.59 Å². The van der Waals surface area contributed by atoms with Crippen molar-refractivity contribution < 1.29 is 9.59 Å². The maximum absolute atomic E-state index is 11.5. The molecule has 0 aliphatic rings. The Kier molecular flexibility index (Phi) is 3.41. The Balaban J connectivity index is 2.86. The number of carbonyl (C=O) groups excluding carboxylic acids is 2. The summed E-state index contributed by atoms with van der Waals surface area (Å²) in [5.41, 5.74) is 5.38. The molecule has 0 fully saturated rings. The fraction of sp³-hybridized carbons (Fsp3) is 0.286. The maximum Gasteiger partial charge on any atom is 0.274 e. The quantitative estimate of drug-likeness (QED) is 0.482. The zero-order chi connectivity index (χ0) is 10.6. The van der Waals surface area contributed by atoms with E-state index in [0.717, 1.165) is 0 Å². The van der Waals surface area contributed by atoms with E-state index in [1.807, 2.05) is 0 Å². The highest BCUT2D eigenvalue weighted by atomic mass is 32.1. The van der Waals surface area contributed by atoms with Gasteiger partial charge in [0.1, 0.15) is 5.00 Å². The SMILES string of the molecule is CNc1snc(C)c1C(=O)NNC=O. The third-order valence-corrected chi connectivity index (χ3v) is 2.52. The predicted molar refractivity (Wildman–Crippen MR) is 53.1 cm³/mol. The van der Waals surface area contributed by atoms with Gasteiger partial charge in [-0.25, -0.2) is 0 Å². The van der Waals surface area contributed by atoms with Crippen LogP contribution < -0.4 is 16.2 Å². The summed E-state index contributed by atoms with van der Waals surface area (Å²) in [4.78, 5) is 21.4. The maximum atomic E-state index is 11.5. The summed E-state index contributed by atoms with van der Waals surface area (Å²) < 4.78 is 4.02. The van der Waals surface area contributed by atoms with Gasteiger partial charge in [-0.3, -0.25) is 20.4 Å². The van der Waals surface area contributed by atoms with Crippen LogP contribution in [0, 0.1) is 6.92 Å². The molecule has 3 N–H and O–H groups in total. The number of amides is 2. The number of anilines is 1. The lowest BCUT2D eigenvalue weighted by Crippen LogP contribution is -2.36. The predicted octanol–water partition coefficient (Wildman–Crippen LogP) is -0.116. The Morgan fingerprint density at radius 2 is 2.29 bits per heavy atom. The Hall–Kier alpha value is -1.63. The van der Waals surface area contributed by atoms with Crippen LogP contribution in [0.2, 0.25) is 0 Å². The molecule has 1 rings (SSSR count). The number of aryl methyl sites for hydroxylation is 1. The molecule has 0 aromatic carbocycles. The fourth-order valence-electron chi connectivity index (χ4n) is 0.965. The third-order valence-electron chi connectivity index (χ3n) is 1.56. The Labute approximate surface area is 84.8 Å². The van der Waals surface area contributed by atoms with Gasteiger partial charge in [0.05, 0.1) is 11.3 Å². The van der Waals surface area contributed by atoms with Gasteiger partial charge in [-0.15, -0.1) is 0 Å². The second-order valence-corrected chi connectivity index (χ2v) is 3.21. The molecule has 0 saturated heterocycles. The first-order valence-corrected chi connectivity index (χ1v) is 4.61. The van der Waals surface area contributed by atoms with Gasteiger partial charge in [-0.2, -0.15) is 4.37 Å². The summed E-state index contributed by atoms with van der Waals surface area (Å²) in [6, 6.07) is 0. The van der Waals surface area contributed by atoms with Crippen molar-refractivity contribution in [1.82, 2.24) is 15.2 Å². The molecule has 1 aromatic rings. The topological polar surface area (TPSA) is 83.1 Å². The third kappa shape index (κ3) is 1.99. The fourth-order valence-corrected chi connectivity index (χ4v) is 1.71. The molecule has 2 amide bonds. The van der Waals surface area contributed by atoms with E-state index >= 15 is 0 Å². The monoisotopic (exact) mass is 214 g/mol. The van der Waals surface area contributed by atoms with E-state index in [1.54, 1.807) is 14.0 Å². The Bertz CT molecular complexity index is 349. The number of hydrogen-bond donors (Lipinski definition) is 3. The average molecular weight is 214 g/mol. The van der Waals surface area contributed by atoms with Crippen molar-refractivity contribution in [3.05, 3.63) is 11.3 Å². The molecule has 6 nitrogen and oxygen atoms in total. The summed E-state index contributed by atoms with van der Waals surface area (Å²) in [6.45, 7) is 1.73. The van der Waals surface area contributed by atoms with Crippen LogP contribution >= 0.6 is 11.5 Å². The average Bonchev–Trinajstić information content (AvgIpc) is 2.56. The van der Waals surface area contributed by atoms with E-state index in [1.165, 1.54) is 11.5 Å². The van der Waals surface area contributed by atoms with E-state index in [4.69, 9.17) is 0 Å². The van der Waals surface area contributed by atoms with Crippen LogP contribution in [0.15, 0.2) is 0 Å². The lowest BCUT2D eigenvalue weighted by molar-refractivity contribution is -0.110. The highest BCUT2D eigenvalue weighted by Crippen LogP contribution is 2.23. The minimum absolute atomic E-state index is 0.382. The highest BCUT2D eigenvalue weighted by Gasteiger charge is 2.16. The number of aromatic nitrogens is 1. The minimum Gasteiger partial charge on any atom is -0.378 e. The van der Waals surface area contributed by atoms with Crippen LogP contribution in [0.1, 0.15) is 16.1 Å².